The van der Waals surface area contributed by atoms with Crippen LogP contribution in [0.2, 0.25) is 0 Å². The van der Waals surface area contributed by atoms with Crippen molar-refractivity contribution in [1.29, 1.82) is 0 Å². The van der Waals surface area contributed by atoms with E-state index in [4.69, 9.17) is 4.99 Å². The molecule has 0 atom stereocenters. The average Bonchev–Trinajstić information content (AvgIpc) is 2.69. The Kier molecular flexibility index (Phi) is 12.1. The molecule has 1 aromatic rings. The van der Waals surface area contributed by atoms with E-state index in [-0.39, 0.29) is 29.9 Å². The minimum absolute atomic E-state index is 0. The Morgan fingerprint density at radius 2 is 2.00 bits per heavy atom. The zero-order valence-corrected chi connectivity index (χ0v) is 19.8. The molecule has 1 saturated heterocycles. The standard InChI is InChI=1S/C21H35N5O.HI/c1-4-13-26-14-10-19(11-15-26)25-21(23-5-2)24-12-9-17-7-6-8-18(16-17)20(27)22-3;/h6-8,16,19H,4-5,9-15H2,1-3H3,(H,22,27)(H2,23,24,25);1H. The average molecular weight is 501 g/mol. The second-order valence-electron chi connectivity index (χ2n) is 7.05. The molecule has 0 unspecified atom stereocenters. The number of carbonyl (C=O) groups excluding carboxylic acids is 1. The Hall–Kier alpha value is -1.35. The van der Waals surface area contributed by atoms with Gasteiger partial charge in [0, 0.05) is 44.8 Å². The molecule has 1 heterocycles. The van der Waals surface area contributed by atoms with Crippen molar-refractivity contribution in [2.45, 2.75) is 45.6 Å². The first-order chi connectivity index (χ1) is 13.2. The minimum Gasteiger partial charge on any atom is -0.357 e. The zero-order valence-electron chi connectivity index (χ0n) is 17.5. The number of rotatable bonds is 8. The van der Waals surface area contributed by atoms with Gasteiger partial charge in [-0.3, -0.25) is 9.79 Å². The number of benzene rings is 1. The van der Waals surface area contributed by atoms with Gasteiger partial charge < -0.3 is 20.9 Å². The molecule has 1 aliphatic heterocycles. The summed E-state index contributed by atoms with van der Waals surface area (Å²) in [6.07, 6.45) is 4.37. The monoisotopic (exact) mass is 501 g/mol. The fraction of sp³-hybridized carbons (Fsp3) is 0.619. The quantitative estimate of drug-likeness (QED) is 0.291. The number of halogens is 1. The number of carbonyl (C=O) groups is 1. The highest BCUT2D eigenvalue weighted by Crippen LogP contribution is 2.10. The largest absolute Gasteiger partial charge is 0.357 e. The summed E-state index contributed by atoms with van der Waals surface area (Å²) in [5.41, 5.74) is 1.83. The van der Waals surface area contributed by atoms with Crippen LogP contribution in [-0.4, -0.2) is 62.6 Å². The number of likely N-dealkylation sites (tertiary alicyclic amines) is 1. The third kappa shape index (κ3) is 8.34. The van der Waals surface area contributed by atoms with Crippen molar-refractivity contribution >= 4 is 35.8 Å². The highest BCUT2D eigenvalue weighted by atomic mass is 127. The molecule has 0 saturated carbocycles. The predicted molar refractivity (Wildman–Crippen MR) is 128 cm³/mol. The molecule has 1 aliphatic rings. The lowest BCUT2D eigenvalue weighted by atomic mass is 10.1. The van der Waals surface area contributed by atoms with Crippen LogP contribution in [0.25, 0.3) is 0 Å². The normalized spacial score (nSPS) is 15.6. The molecule has 1 aromatic carbocycles. The molecule has 7 heteroatoms. The SMILES string of the molecule is CCCN1CCC(NC(=NCCc2cccc(C(=O)NC)c2)NCC)CC1.I. The first-order valence-electron chi connectivity index (χ1n) is 10.2. The van der Waals surface area contributed by atoms with Crippen LogP contribution >= 0.6 is 24.0 Å². The minimum atomic E-state index is -0.0511. The Balaban J connectivity index is 0.00000392. The summed E-state index contributed by atoms with van der Waals surface area (Å²) < 4.78 is 0. The number of amides is 1. The number of guanidine groups is 1. The van der Waals surface area contributed by atoms with Gasteiger partial charge in [0.1, 0.15) is 0 Å². The molecule has 0 radical (unpaired) electrons. The van der Waals surface area contributed by atoms with Gasteiger partial charge in [-0.2, -0.15) is 0 Å². The molecule has 1 fully saturated rings. The highest BCUT2D eigenvalue weighted by Gasteiger charge is 2.19. The summed E-state index contributed by atoms with van der Waals surface area (Å²) in [5, 5.41) is 9.61. The Labute approximate surface area is 187 Å². The fourth-order valence-electron chi connectivity index (χ4n) is 3.44. The van der Waals surface area contributed by atoms with Crippen LogP contribution in [0, 0.1) is 0 Å². The van der Waals surface area contributed by atoms with Crippen LogP contribution in [0.1, 0.15) is 49.0 Å². The maximum absolute atomic E-state index is 11.8. The summed E-state index contributed by atoms with van der Waals surface area (Å²) >= 11 is 0. The molecule has 3 N–H and O–H groups in total. The smallest absolute Gasteiger partial charge is 0.251 e. The van der Waals surface area contributed by atoms with Crippen molar-refractivity contribution in [3.63, 3.8) is 0 Å². The lowest BCUT2D eigenvalue weighted by Crippen LogP contribution is -2.48. The molecule has 28 heavy (non-hydrogen) atoms. The maximum Gasteiger partial charge on any atom is 0.251 e. The molecule has 0 spiro atoms. The molecule has 1 amide bonds. The van der Waals surface area contributed by atoms with Crippen molar-refractivity contribution in [2.24, 2.45) is 4.99 Å². The number of hydrogen-bond donors (Lipinski definition) is 3. The molecule has 0 aromatic heterocycles. The van der Waals surface area contributed by atoms with Crippen molar-refractivity contribution in [3.8, 4) is 0 Å². The van der Waals surface area contributed by atoms with Crippen molar-refractivity contribution in [2.75, 3.05) is 39.8 Å². The van der Waals surface area contributed by atoms with Crippen molar-refractivity contribution in [3.05, 3.63) is 35.4 Å². The van der Waals surface area contributed by atoms with E-state index < -0.39 is 0 Å². The lowest BCUT2D eigenvalue weighted by Gasteiger charge is -2.32. The first kappa shape index (κ1) is 24.7. The van der Waals surface area contributed by atoms with Gasteiger partial charge in [0.05, 0.1) is 0 Å². The van der Waals surface area contributed by atoms with E-state index in [0.29, 0.717) is 18.2 Å². The molecule has 2 rings (SSSR count). The summed E-state index contributed by atoms with van der Waals surface area (Å²) in [5.74, 6) is 0.846. The van der Waals surface area contributed by atoms with E-state index in [2.05, 4.69) is 34.7 Å². The molecule has 0 aliphatic carbocycles. The predicted octanol–water partition coefficient (Wildman–Crippen LogP) is 2.64. The second-order valence-corrected chi connectivity index (χ2v) is 7.05. The summed E-state index contributed by atoms with van der Waals surface area (Å²) in [6.45, 7) is 9.41. The zero-order chi connectivity index (χ0) is 19.5. The van der Waals surface area contributed by atoms with E-state index >= 15 is 0 Å². The molecular formula is C21H36IN5O. The van der Waals surface area contributed by atoms with E-state index in [1.165, 1.54) is 25.8 Å². The lowest BCUT2D eigenvalue weighted by molar-refractivity contribution is 0.0963. The number of aliphatic imine (C=N–C) groups is 1. The first-order valence-corrected chi connectivity index (χ1v) is 10.2. The van der Waals surface area contributed by atoms with Crippen molar-refractivity contribution in [1.82, 2.24) is 20.9 Å². The van der Waals surface area contributed by atoms with Crippen LogP contribution in [0.3, 0.4) is 0 Å². The van der Waals surface area contributed by atoms with Crippen LogP contribution in [-0.2, 0) is 6.42 Å². The van der Waals surface area contributed by atoms with Crippen LogP contribution in [0.5, 0.6) is 0 Å². The van der Waals surface area contributed by atoms with Gasteiger partial charge in [0.25, 0.3) is 5.91 Å². The van der Waals surface area contributed by atoms with Crippen LogP contribution in [0.4, 0.5) is 0 Å². The molecular weight excluding hydrogens is 465 g/mol. The third-order valence-corrected chi connectivity index (χ3v) is 4.90. The number of nitrogens with one attached hydrogen (secondary N) is 3. The molecule has 0 bridgehead atoms. The summed E-state index contributed by atoms with van der Waals surface area (Å²) in [7, 11) is 1.65. The van der Waals surface area contributed by atoms with Gasteiger partial charge in [0.2, 0.25) is 0 Å². The third-order valence-electron chi connectivity index (χ3n) is 4.90. The number of hydrogen-bond acceptors (Lipinski definition) is 3. The van der Waals surface area contributed by atoms with Gasteiger partial charge >= 0.3 is 0 Å². The van der Waals surface area contributed by atoms with Gasteiger partial charge in [-0.15, -0.1) is 24.0 Å². The maximum atomic E-state index is 11.8. The van der Waals surface area contributed by atoms with Crippen molar-refractivity contribution < 1.29 is 4.79 Å². The van der Waals surface area contributed by atoms with E-state index in [0.717, 1.165) is 37.6 Å². The Bertz CT molecular complexity index is 615. The van der Waals surface area contributed by atoms with Gasteiger partial charge in [-0.25, -0.2) is 0 Å². The fourth-order valence-corrected chi connectivity index (χ4v) is 3.44. The summed E-state index contributed by atoms with van der Waals surface area (Å²) in [6, 6.07) is 8.25. The van der Waals surface area contributed by atoms with E-state index in [1.54, 1.807) is 7.05 Å². The van der Waals surface area contributed by atoms with Crippen LogP contribution < -0.4 is 16.0 Å². The van der Waals surface area contributed by atoms with E-state index in [9.17, 15) is 4.79 Å². The second kappa shape index (κ2) is 13.8. The highest BCUT2D eigenvalue weighted by molar-refractivity contribution is 14.0. The molecule has 6 nitrogen and oxygen atoms in total. The topological polar surface area (TPSA) is 68.8 Å². The van der Waals surface area contributed by atoms with Crippen LogP contribution in [0.15, 0.2) is 29.3 Å². The van der Waals surface area contributed by atoms with Gasteiger partial charge in [-0.05, 0) is 56.8 Å². The van der Waals surface area contributed by atoms with E-state index in [1.807, 2.05) is 24.3 Å². The number of nitrogens with zero attached hydrogens (tertiary/aromatic N) is 2. The van der Waals surface area contributed by atoms with Gasteiger partial charge in [-0.1, -0.05) is 19.1 Å². The Morgan fingerprint density at radius 3 is 2.64 bits per heavy atom. The molecule has 158 valence electrons. The Morgan fingerprint density at radius 1 is 1.25 bits per heavy atom. The van der Waals surface area contributed by atoms with Gasteiger partial charge in [0.15, 0.2) is 5.96 Å². The summed E-state index contributed by atoms with van der Waals surface area (Å²) in [4.78, 5) is 19.0. The number of piperidine rings is 1.